The lowest BCUT2D eigenvalue weighted by molar-refractivity contribution is 0.600. The molecule has 1 aromatic heterocycles. The van der Waals surface area contributed by atoms with E-state index in [1.807, 2.05) is 0 Å². The fourth-order valence-corrected chi connectivity index (χ4v) is 3.09. The Balaban J connectivity index is 2.36. The summed E-state index contributed by atoms with van der Waals surface area (Å²) in [7, 11) is -3.71. The lowest BCUT2D eigenvalue weighted by atomic mass is 10.3. The minimum absolute atomic E-state index is 0.117. The molecule has 0 amide bonds. The standard InChI is InChI=1S/C11H12FN3O2S/c1-7-11(8(2)14-13-7)18(16,17)15-10-5-3-9(12)4-6-10/h3-6,15H,1-2H3,(H,13,14). The quantitative estimate of drug-likeness (QED) is 0.894. The van der Waals surface area contributed by atoms with Crippen molar-refractivity contribution >= 4 is 15.7 Å². The van der Waals surface area contributed by atoms with Crippen LogP contribution in [0.5, 0.6) is 0 Å². The third-order valence-corrected chi connectivity index (χ3v) is 4.07. The van der Waals surface area contributed by atoms with E-state index in [1.165, 1.54) is 24.3 Å². The second kappa shape index (κ2) is 4.41. The van der Waals surface area contributed by atoms with Crippen LogP contribution >= 0.6 is 0 Å². The predicted molar refractivity (Wildman–Crippen MR) is 65.3 cm³/mol. The van der Waals surface area contributed by atoms with E-state index < -0.39 is 15.8 Å². The molecule has 2 aromatic rings. The van der Waals surface area contributed by atoms with Gasteiger partial charge in [0.25, 0.3) is 10.0 Å². The van der Waals surface area contributed by atoms with E-state index in [1.54, 1.807) is 13.8 Å². The maximum Gasteiger partial charge on any atom is 0.265 e. The minimum Gasteiger partial charge on any atom is -0.281 e. The Kier molecular flexibility index (Phi) is 3.08. The molecule has 0 saturated heterocycles. The van der Waals surface area contributed by atoms with Gasteiger partial charge in [-0.25, -0.2) is 12.8 Å². The molecule has 0 unspecified atom stereocenters. The number of halogens is 1. The molecule has 0 fully saturated rings. The fraction of sp³-hybridized carbons (Fsp3) is 0.182. The van der Waals surface area contributed by atoms with E-state index in [4.69, 9.17) is 0 Å². The molecule has 0 atom stereocenters. The van der Waals surface area contributed by atoms with Crippen LogP contribution in [0.2, 0.25) is 0 Å². The summed E-state index contributed by atoms with van der Waals surface area (Å²) in [5, 5.41) is 6.44. The first kappa shape index (κ1) is 12.6. The Bertz CT molecular complexity index is 643. The third-order valence-electron chi connectivity index (χ3n) is 2.43. The second-order valence-electron chi connectivity index (χ2n) is 3.88. The van der Waals surface area contributed by atoms with Crippen molar-refractivity contribution in [2.45, 2.75) is 18.7 Å². The van der Waals surface area contributed by atoms with Crippen LogP contribution in [0.25, 0.3) is 0 Å². The molecule has 18 heavy (non-hydrogen) atoms. The van der Waals surface area contributed by atoms with Gasteiger partial charge in [0.2, 0.25) is 0 Å². The van der Waals surface area contributed by atoms with Crippen molar-refractivity contribution < 1.29 is 12.8 Å². The van der Waals surface area contributed by atoms with Crippen molar-refractivity contribution in [3.63, 3.8) is 0 Å². The molecule has 7 heteroatoms. The van der Waals surface area contributed by atoms with Crippen molar-refractivity contribution in [2.24, 2.45) is 0 Å². The van der Waals surface area contributed by atoms with Gasteiger partial charge >= 0.3 is 0 Å². The summed E-state index contributed by atoms with van der Waals surface area (Å²) in [6, 6.07) is 5.09. The van der Waals surface area contributed by atoms with Gasteiger partial charge in [0.15, 0.2) is 0 Å². The molecular formula is C11H12FN3O2S. The number of hydrogen-bond donors (Lipinski definition) is 2. The summed E-state index contributed by atoms with van der Waals surface area (Å²) < 4.78 is 39.4. The van der Waals surface area contributed by atoms with E-state index in [-0.39, 0.29) is 4.90 Å². The minimum atomic E-state index is -3.71. The molecule has 0 saturated carbocycles. The first-order valence-corrected chi connectivity index (χ1v) is 6.68. The molecule has 0 aliphatic heterocycles. The molecule has 0 bridgehead atoms. The first-order valence-electron chi connectivity index (χ1n) is 5.20. The molecule has 0 radical (unpaired) electrons. The molecule has 0 aliphatic rings. The number of aromatic amines is 1. The molecule has 2 rings (SSSR count). The Morgan fingerprint density at radius 3 is 2.33 bits per heavy atom. The molecule has 0 aliphatic carbocycles. The van der Waals surface area contributed by atoms with Gasteiger partial charge in [-0.2, -0.15) is 5.10 Å². The zero-order valence-corrected chi connectivity index (χ0v) is 10.7. The monoisotopic (exact) mass is 269 g/mol. The number of aryl methyl sites for hydroxylation is 2. The maximum absolute atomic E-state index is 12.7. The predicted octanol–water partition coefficient (Wildman–Crippen LogP) is 1.97. The number of sulfonamides is 1. The molecule has 1 aromatic carbocycles. The van der Waals surface area contributed by atoms with E-state index >= 15 is 0 Å². The number of aromatic nitrogens is 2. The highest BCUT2D eigenvalue weighted by molar-refractivity contribution is 7.92. The summed E-state index contributed by atoms with van der Waals surface area (Å²) in [5.74, 6) is -0.423. The molecule has 0 spiro atoms. The number of rotatable bonds is 3. The Hall–Kier alpha value is -1.89. The summed E-state index contributed by atoms with van der Waals surface area (Å²) in [6.07, 6.45) is 0. The number of nitrogens with zero attached hydrogens (tertiary/aromatic N) is 1. The zero-order chi connectivity index (χ0) is 13.3. The summed E-state index contributed by atoms with van der Waals surface area (Å²) in [4.78, 5) is 0.117. The highest BCUT2D eigenvalue weighted by Crippen LogP contribution is 2.20. The van der Waals surface area contributed by atoms with Crippen LogP contribution in [-0.2, 0) is 10.0 Å². The van der Waals surface area contributed by atoms with Crippen LogP contribution in [0.3, 0.4) is 0 Å². The van der Waals surface area contributed by atoms with Gasteiger partial charge in [-0.15, -0.1) is 0 Å². The number of hydrogen-bond acceptors (Lipinski definition) is 3. The number of benzene rings is 1. The molecule has 5 nitrogen and oxygen atoms in total. The molecule has 2 N–H and O–H groups in total. The Morgan fingerprint density at radius 2 is 1.83 bits per heavy atom. The zero-order valence-electron chi connectivity index (χ0n) is 9.86. The lowest BCUT2D eigenvalue weighted by Crippen LogP contribution is -2.14. The topological polar surface area (TPSA) is 74.8 Å². The van der Waals surface area contributed by atoms with Crippen molar-refractivity contribution in [2.75, 3.05) is 4.72 Å². The van der Waals surface area contributed by atoms with Gasteiger partial charge < -0.3 is 0 Å². The van der Waals surface area contributed by atoms with E-state index in [0.29, 0.717) is 17.1 Å². The first-order chi connectivity index (χ1) is 8.40. The highest BCUT2D eigenvalue weighted by Gasteiger charge is 2.22. The van der Waals surface area contributed by atoms with E-state index in [0.717, 1.165) is 0 Å². The van der Waals surface area contributed by atoms with Crippen LogP contribution in [-0.4, -0.2) is 18.6 Å². The Labute approximate surface area is 104 Å². The average molecular weight is 269 g/mol. The fourth-order valence-electron chi connectivity index (χ4n) is 1.66. The molecule has 96 valence electrons. The third kappa shape index (κ3) is 2.35. The maximum atomic E-state index is 12.7. The van der Waals surface area contributed by atoms with Crippen molar-refractivity contribution in [1.29, 1.82) is 0 Å². The Morgan fingerprint density at radius 1 is 1.22 bits per heavy atom. The summed E-state index contributed by atoms with van der Waals surface area (Å²) in [5.41, 5.74) is 1.15. The van der Waals surface area contributed by atoms with E-state index in [9.17, 15) is 12.8 Å². The normalized spacial score (nSPS) is 11.5. The number of H-pyrrole nitrogens is 1. The summed E-state index contributed by atoms with van der Waals surface area (Å²) in [6.45, 7) is 3.22. The summed E-state index contributed by atoms with van der Waals surface area (Å²) >= 11 is 0. The van der Waals surface area contributed by atoms with Gasteiger partial charge in [0.1, 0.15) is 10.7 Å². The van der Waals surface area contributed by atoms with Crippen LogP contribution in [0.1, 0.15) is 11.4 Å². The average Bonchev–Trinajstić information content (AvgIpc) is 2.62. The highest BCUT2D eigenvalue weighted by atomic mass is 32.2. The second-order valence-corrected chi connectivity index (χ2v) is 5.49. The largest absolute Gasteiger partial charge is 0.281 e. The van der Waals surface area contributed by atoms with Gasteiger partial charge in [0, 0.05) is 5.69 Å². The van der Waals surface area contributed by atoms with Gasteiger partial charge in [0.05, 0.1) is 11.4 Å². The number of anilines is 1. The van der Waals surface area contributed by atoms with Crippen LogP contribution < -0.4 is 4.72 Å². The van der Waals surface area contributed by atoms with Crippen molar-refractivity contribution in [3.8, 4) is 0 Å². The van der Waals surface area contributed by atoms with Crippen LogP contribution in [0.4, 0.5) is 10.1 Å². The SMILES string of the molecule is Cc1n[nH]c(C)c1S(=O)(=O)Nc1ccc(F)cc1. The van der Waals surface area contributed by atoms with Crippen LogP contribution in [0, 0.1) is 19.7 Å². The van der Waals surface area contributed by atoms with Crippen molar-refractivity contribution in [1.82, 2.24) is 10.2 Å². The van der Waals surface area contributed by atoms with Gasteiger partial charge in [-0.1, -0.05) is 0 Å². The smallest absolute Gasteiger partial charge is 0.265 e. The molecular weight excluding hydrogens is 257 g/mol. The van der Waals surface area contributed by atoms with Crippen molar-refractivity contribution in [3.05, 3.63) is 41.5 Å². The van der Waals surface area contributed by atoms with E-state index in [2.05, 4.69) is 14.9 Å². The van der Waals surface area contributed by atoms with Crippen LogP contribution in [0.15, 0.2) is 29.2 Å². The molecule has 1 heterocycles. The lowest BCUT2D eigenvalue weighted by Gasteiger charge is -2.07. The van der Waals surface area contributed by atoms with Gasteiger partial charge in [-0.3, -0.25) is 9.82 Å². The van der Waals surface area contributed by atoms with Gasteiger partial charge in [-0.05, 0) is 38.1 Å². The number of nitrogens with one attached hydrogen (secondary N) is 2.